The van der Waals surface area contributed by atoms with Gasteiger partial charge in [0.15, 0.2) is 0 Å². The maximum Gasteiger partial charge on any atom is 0.441 e. The van der Waals surface area contributed by atoms with Gasteiger partial charge in [-0.2, -0.15) is 13.2 Å². The van der Waals surface area contributed by atoms with Gasteiger partial charge in [0.1, 0.15) is 11.9 Å². The summed E-state index contributed by atoms with van der Waals surface area (Å²) in [5, 5.41) is 2.53. The number of carbonyl (C=O) groups is 1. The fourth-order valence-electron chi connectivity index (χ4n) is 2.63. The highest BCUT2D eigenvalue weighted by Crippen LogP contribution is 2.29. The van der Waals surface area contributed by atoms with Crippen LogP contribution in [0.1, 0.15) is 24.0 Å². The van der Waals surface area contributed by atoms with E-state index >= 15 is 0 Å². The molecular formula is C17H23F3N2O2S. The highest BCUT2D eigenvalue weighted by molar-refractivity contribution is 8.00. The fourth-order valence-corrected chi connectivity index (χ4v) is 3.06. The van der Waals surface area contributed by atoms with Gasteiger partial charge in [0.05, 0.1) is 0 Å². The standard InChI is InChI=1S/C17H23F3N2O2S/c1-12-3-4-13(2)15(11-12)24-14-5-8-22(9-6-14)16(23)21-7-10-25-17(18,19)20/h3-4,11,14H,5-10H2,1-2H3,(H,21,23). The highest BCUT2D eigenvalue weighted by Gasteiger charge is 2.28. The molecular weight excluding hydrogens is 353 g/mol. The summed E-state index contributed by atoms with van der Waals surface area (Å²) in [5.41, 5.74) is -2.05. The summed E-state index contributed by atoms with van der Waals surface area (Å²) in [6.07, 6.45) is 1.46. The number of nitrogens with zero attached hydrogens (tertiary/aromatic N) is 1. The Labute approximate surface area is 150 Å². The van der Waals surface area contributed by atoms with Gasteiger partial charge in [-0.15, -0.1) is 0 Å². The molecule has 1 heterocycles. The number of benzene rings is 1. The first-order valence-electron chi connectivity index (χ1n) is 8.22. The number of hydrogen-bond acceptors (Lipinski definition) is 3. The third-order valence-electron chi connectivity index (χ3n) is 4.01. The number of aryl methyl sites for hydroxylation is 2. The normalized spacial score (nSPS) is 16.0. The molecule has 0 aliphatic carbocycles. The van der Waals surface area contributed by atoms with Crippen LogP contribution in [0.4, 0.5) is 18.0 Å². The zero-order valence-electron chi connectivity index (χ0n) is 14.4. The number of rotatable bonds is 5. The topological polar surface area (TPSA) is 41.6 Å². The molecule has 2 amide bonds. The molecule has 0 atom stereocenters. The second-order valence-electron chi connectivity index (χ2n) is 6.10. The minimum Gasteiger partial charge on any atom is -0.490 e. The molecule has 1 aromatic carbocycles. The lowest BCUT2D eigenvalue weighted by Crippen LogP contribution is -2.47. The van der Waals surface area contributed by atoms with Gasteiger partial charge < -0.3 is 15.0 Å². The van der Waals surface area contributed by atoms with Gasteiger partial charge in [0.25, 0.3) is 0 Å². The first-order valence-corrected chi connectivity index (χ1v) is 9.20. The van der Waals surface area contributed by atoms with Crippen LogP contribution in [-0.2, 0) is 0 Å². The Morgan fingerprint density at radius 1 is 1.32 bits per heavy atom. The Hall–Kier alpha value is -1.57. The minimum absolute atomic E-state index is 0.00191. The SMILES string of the molecule is Cc1ccc(C)c(OC2CCN(C(=O)NCCSC(F)(F)F)CC2)c1. The van der Waals surface area contributed by atoms with Gasteiger partial charge in [-0.1, -0.05) is 12.1 Å². The summed E-state index contributed by atoms with van der Waals surface area (Å²) < 4.78 is 42.2. The summed E-state index contributed by atoms with van der Waals surface area (Å²) >= 11 is -0.127. The number of likely N-dealkylation sites (tertiary alicyclic amines) is 1. The van der Waals surface area contributed by atoms with Crippen molar-refractivity contribution in [1.29, 1.82) is 0 Å². The third kappa shape index (κ3) is 6.68. The van der Waals surface area contributed by atoms with E-state index in [0.717, 1.165) is 16.9 Å². The molecule has 1 aliphatic heterocycles. The molecule has 0 spiro atoms. The zero-order valence-corrected chi connectivity index (χ0v) is 15.2. The Balaban J connectivity index is 1.72. The summed E-state index contributed by atoms with van der Waals surface area (Å²) in [6.45, 7) is 5.08. The summed E-state index contributed by atoms with van der Waals surface area (Å²) in [7, 11) is 0. The molecule has 1 N–H and O–H groups in total. The van der Waals surface area contributed by atoms with Gasteiger partial charge in [0, 0.05) is 38.2 Å². The van der Waals surface area contributed by atoms with E-state index < -0.39 is 5.51 Å². The zero-order chi connectivity index (χ0) is 18.4. The highest BCUT2D eigenvalue weighted by atomic mass is 32.2. The smallest absolute Gasteiger partial charge is 0.441 e. The molecule has 25 heavy (non-hydrogen) atoms. The summed E-state index contributed by atoms with van der Waals surface area (Å²) in [4.78, 5) is 13.6. The van der Waals surface area contributed by atoms with Crippen LogP contribution < -0.4 is 10.1 Å². The predicted octanol–water partition coefficient (Wildman–Crippen LogP) is 4.11. The third-order valence-corrected chi connectivity index (χ3v) is 4.75. The lowest BCUT2D eigenvalue weighted by Gasteiger charge is -2.32. The lowest BCUT2D eigenvalue weighted by atomic mass is 10.1. The van der Waals surface area contributed by atoms with E-state index in [9.17, 15) is 18.0 Å². The molecule has 1 aromatic rings. The van der Waals surface area contributed by atoms with Gasteiger partial charge in [0.2, 0.25) is 0 Å². The average Bonchev–Trinajstić information content (AvgIpc) is 2.54. The van der Waals surface area contributed by atoms with Gasteiger partial charge >= 0.3 is 11.5 Å². The van der Waals surface area contributed by atoms with E-state index in [1.54, 1.807) is 4.90 Å². The van der Waals surface area contributed by atoms with Gasteiger partial charge in [-0.3, -0.25) is 0 Å². The Morgan fingerprint density at radius 3 is 2.64 bits per heavy atom. The van der Waals surface area contributed by atoms with Crippen molar-refractivity contribution in [3.8, 4) is 5.75 Å². The predicted molar refractivity (Wildman–Crippen MR) is 93.1 cm³/mol. The van der Waals surface area contributed by atoms with E-state index in [4.69, 9.17) is 4.74 Å². The number of amides is 2. The maximum atomic E-state index is 12.0. The first kappa shape index (κ1) is 19.8. The van der Waals surface area contributed by atoms with Gasteiger partial charge in [-0.05, 0) is 42.8 Å². The van der Waals surface area contributed by atoms with Crippen molar-refractivity contribution in [2.75, 3.05) is 25.4 Å². The number of thioether (sulfide) groups is 1. The van der Waals surface area contributed by atoms with Crippen molar-refractivity contribution < 1.29 is 22.7 Å². The van der Waals surface area contributed by atoms with E-state index in [0.29, 0.717) is 25.9 Å². The maximum absolute atomic E-state index is 12.0. The lowest BCUT2D eigenvalue weighted by molar-refractivity contribution is -0.0327. The van der Waals surface area contributed by atoms with E-state index in [1.807, 2.05) is 32.0 Å². The van der Waals surface area contributed by atoms with Crippen LogP contribution in [0.2, 0.25) is 0 Å². The van der Waals surface area contributed by atoms with Crippen molar-refractivity contribution in [1.82, 2.24) is 10.2 Å². The number of piperidine rings is 1. The largest absolute Gasteiger partial charge is 0.490 e. The second-order valence-corrected chi connectivity index (χ2v) is 7.26. The summed E-state index contributed by atoms with van der Waals surface area (Å²) in [6, 6.07) is 5.75. The van der Waals surface area contributed by atoms with Crippen molar-refractivity contribution in [3.63, 3.8) is 0 Å². The van der Waals surface area contributed by atoms with Crippen LogP contribution in [0, 0.1) is 13.8 Å². The van der Waals surface area contributed by atoms with E-state index in [2.05, 4.69) is 5.32 Å². The summed E-state index contributed by atoms with van der Waals surface area (Å²) in [5.74, 6) is 0.689. The fraction of sp³-hybridized carbons (Fsp3) is 0.588. The molecule has 0 bridgehead atoms. The monoisotopic (exact) mass is 376 g/mol. The molecule has 0 aromatic heterocycles. The van der Waals surface area contributed by atoms with Crippen molar-refractivity contribution in [2.24, 2.45) is 0 Å². The molecule has 1 aliphatic rings. The van der Waals surface area contributed by atoms with Crippen molar-refractivity contribution >= 4 is 17.8 Å². The van der Waals surface area contributed by atoms with Crippen LogP contribution in [0.25, 0.3) is 0 Å². The molecule has 0 unspecified atom stereocenters. The number of carbonyl (C=O) groups excluding carboxylic acids is 1. The Morgan fingerprint density at radius 2 is 2.00 bits per heavy atom. The van der Waals surface area contributed by atoms with Crippen LogP contribution in [0.15, 0.2) is 18.2 Å². The van der Waals surface area contributed by atoms with Crippen LogP contribution in [-0.4, -0.2) is 47.9 Å². The molecule has 140 valence electrons. The van der Waals surface area contributed by atoms with Crippen LogP contribution in [0.3, 0.4) is 0 Å². The molecule has 4 nitrogen and oxygen atoms in total. The molecule has 1 saturated heterocycles. The molecule has 1 fully saturated rings. The Kier molecular flexibility index (Phi) is 6.87. The number of hydrogen-bond donors (Lipinski definition) is 1. The number of halogens is 3. The van der Waals surface area contributed by atoms with Crippen LogP contribution in [0.5, 0.6) is 5.75 Å². The van der Waals surface area contributed by atoms with E-state index in [-0.39, 0.29) is 36.2 Å². The first-order chi connectivity index (χ1) is 11.7. The quantitative estimate of drug-likeness (QED) is 0.787. The van der Waals surface area contributed by atoms with Crippen molar-refractivity contribution in [3.05, 3.63) is 29.3 Å². The molecule has 2 rings (SSSR count). The minimum atomic E-state index is -4.26. The molecule has 0 radical (unpaired) electrons. The number of ether oxygens (including phenoxy) is 1. The molecule has 0 saturated carbocycles. The molecule has 8 heteroatoms. The van der Waals surface area contributed by atoms with Crippen molar-refractivity contribution in [2.45, 2.75) is 38.3 Å². The second kappa shape index (κ2) is 8.69. The van der Waals surface area contributed by atoms with Crippen LogP contribution >= 0.6 is 11.8 Å². The number of alkyl halides is 3. The number of urea groups is 1. The number of nitrogens with one attached hydrogen (secondary N) is 1. The average molecular weight is 376 g/mol. The Bertz CT molecular complexity index is 588. The van der Waals surface area contributed by atoms with Gasteiger partial charge in [-0.25, -0.2) is 4.79 Å². The van der Waals surface area contributed by atoms with E-state index in [1.165, 1.54) is 0 Å².